The van der Waals surface area contributed by atoms with Crippen molar-refractivity contribution in [3.63, 3.8) is 0 Å². The summed E-state index contributed by atoms with van der Waals surface area (Å²) in [5, 5.41) is 15.4. The summed E-state index contributed by atoms with van der Waals surface area (Å²) < 4.78 is 6.12. The van der Waals surface area contributed by atoms with Gasteiger partial charge in [0, 0.05) is 6.42 Å². The Morgan fingerprint density at radius 2 is 2.41 bits per heavy atom. The fraction of sp³-hybridized carbons (Fsp3) is 0.273. The van der Waals surface area contributed by atoms with E-state index in [2.05, 4.69) is 15.3 Å². The van der Waals surface area contributed by atoms with Crippen molar-refractivity contribution in [1.29, 1.82) is 0 Å². The number of aromatic nitrogens is 2. The molecule has 2 N–H and O–H groups in total. The Balaban J connectivity index is 2.19. The molecule has 1 aliphatic heterocycles. The number of imidazole rings is 1. The standard InChI is InChI=1S/C11H12N4O2/c1-17-9-4-2-3-8-10(9)12-5-7-11(15(8)16)14-6-13-7/h2,4,6,12H,3,5H2,1H3,(H,13,14). The van der Waals surface area contributed by atoms with Gasteiger partial charge in [-0.05, 0) is 11.1 Å². The number of fused-ring (bicyclic) bond motifs is 2. The molecule has 88 valence electrons. The lowest BCUT2D eigenvalue weighted by molar-refractivity contribution is -0.366. The molecule has 6 heteroatoms. The fourth-order valence-corrected chi connectivity index (χ4v) is 2.07. The summed E-state index contributed by atoms with van der Waals surface area (Å²) in [6.07, 6.45) is 5.88. The first kappa shape index (κ1) is 9.95. The van der Waals surface area contributed by atoms with E-state index in [0.717, 1.165) is 16.1 Å². The maximum Gasteiger partial charge on any atom is 0.349 e. The van der Waals surface area contributed by atoms with Gasteiger partial charge in [-0.3, -0.25) is 0 Å². The Bertz CT molecular complexity index is 554. The van der Waals surface area contributed by atoms with Gasteiger partial charge >= 0.3 is 5.82 Å². The lowest BCUT2D eigenvalue weighted by Crippen LogP contribution is -2.25. The number of methoxy groups -OCH3 is 1. The maximum absolute atomic E-state index is 12.2. The molecule has 0 aromatic carbocycles. The summed E-state index contributed by atoms with van der Waals surface area (Å²) in [6.45, 7) is 0.535. The van der Waals surface area contributed by atoms with Crippen LogP contribution in [0.25, 0.3) is 0 Å². The minimum Gasteiger partial charge on any atom is -0.710 e. The van der Waals surface area contributed by atoms with Gasteiger partial charge < -0.3 is 20.2 Å². The highest BCUT2D eigenvalue weighted by molar-refractivity contribution is 5.99. The van der Waals surface area contributed by atoms with Gasteiger partial charge in [-0.25, -0.2) is 4.74 Å². The van der Waals surface area contributed by atoms with Gasteiger partial charge in [-0.1, -0.05) is 6.08 Å². The number of nitrogens with one attached hydrogen (secondary N) is 2. The van der Waals surface area contributed by atoms with Crippen LogP contribution in [-0.4, -0.2) is 27.5 Å². The Labute approximate surface area is 97.9 Å². The largest absolute Gasteiger partial charge is 0.710 e. The summed E-state index contributed by atoms with van der Waals surface area (Å²) >= 11 is 0. The number of H-pyrrole nitrogens is 1. The predicted molar refractivity (Wildman–Crippen MR) is 61.5 cm³/mol. The number of ether oxygens (including phenoxy) is 1. The van der Waals surface area contributed by atoms with Crippen LogP contribution in [0.2, 0.25) is 0 Å². The molecule has 3 rings (SSSR count). The summed E-state index contributed by atoms with van der Waals surface area (Å²) in [5.74, 6) is 1.10. The van der Waals surface area contributed by atoms with Crippen molar-refractivity contribution in [1.82, 2.24) is 15.3 Å². The molecule has 2 heterocycles. The van der Waals surface area contributed by atoms with Crippen LogP contribution in [0.5, 0.6) is 0 Å². The van der Waals surface area contributed by atoms with Crippen LogP contribution >= 0.6 is 0 Å². The van der Waals surface area contributed by atoms with E-state index in [1.54, 1.807) is 7.11 Å². The Morgan fingerprint density at radius 3 is 3.24 bits per heavy atom. The molecular weight excluding hydrogens is 220 g/mol. The topological polar surface area (TPSA) is 76.0 Å². The van der Waals surface area contributed by atoms with Gasteiger partial charge in [0.05, 0.1) is 13.7 Å². The molecule has 0 unspecified atom stereocenters. The number of hydrogen-bond acceptors (Lipinski definition) is 4. The van der Waals surface area contributed by atoms with Crippen LogP contribution in [0.3, 0.4) is 0 Å². The molecule has 0 saturated heterocycles. The molecule has 2 aliphatic rings. The van der Waals surface area contributed by atoms with E-state index >= 15 is 0 Å². The van der Waals surface area contributed by atoms with Crippen LogP contribution < -0.4 is 5.32 Å². The van der Waals surface area contributed by atoms with Crippen molar-refractivity contribution in [3.8, 4) is 0 Å². The van der Waals surface area contributed by atoms with E-state index in [1.165, 1.54) is 6.33 Å². The molecule has 0 atom stereocenters. The minimum absolute atomic E-state index is 0.424. The zero-order chi connectivity index (χ0) is 11.8. The third-order valence-corrected chi connectivity index (χ3v) is 2.91. The first-order valence-corrected chi connectivity index (χ1v) is 5.35. The summed E-state index contributed by atoms with van der Waals surface area (Å²) in [5.41, 5.74) is 2.16. The second-order valence-corrected chi connectivity index (χ2v) is 3.85. The average Bonchev–Trinajstić information content (AvgIpc) is 2.78. The molecule has 6 nitrogen and oxygen atoms in total. The molecule has 0 spiro atoms. The van der Waals surface area contributed by atoms with Gasteiger partial charge in [-0.15, -0.1) is 0 Å². The number of aromatic amines is 1. The molecule has 0 bridgehead atoms. The molecular formula is C11H12N4O2. The molecule has 0 fully saturated rings. The average molecular weight is 232 g/mol. The molecule has 1 aromatic heterocycles. The van der Waals surface area contributed by atoms with Gasteiger partial charge in [0.25, 0.3) is 0 Å². The van der Waals surface area contributed by atoms with Crippen molar-refractivity contribution in [2.24, 2.45) is 0 Å². The zero-order valence-corrected chi connectivity index (χ0v) is 9.36. The van der Waals surface area contributed by atoms with E-state index in [0.29, 0.717) is 30.3 Å². The second-order valence-electron chi connectivity index (χ2n) is 3.85. The Hall–Kier alpha value is -2.24. The summed E-state index contributed by atoms with van der Waals surface area (Å²) in [7, 11) is 1.59. The third kappa shape index (κ3) is 1.41. The molecule has 0 saturated carbocycles. The van der Waals surface area contributed by atoms with Gasteiger partial charge in [0.2, 0.25) is 6.33 Å². The molecule has 1 aliphatic carbocycles. The SMILES string of the molecule is COC1=C2NCc3[nH]cnc3[N+]([O-])=C2CC=C1. The number of allylic oxidation sites excluding steroid dienone is 3. The normalized spacial score (nSPS) is 18.4. The monoisotopic (exact) mass is 232 g/mol. The van der Waals surface area contributed by atoms with Gasteiger partial charge in [0.15, 0.2) is 0 Å². The predicted octanol–water partition coefficient (Wildman–Crippen LogP) is 0.914. The van der Waals surface area contributed by atoms with Gasteiger partial charge in [-0.2, -0.15) is 0 Å². The molecule has 17 heavy (non-hydrogen) atoms. The van der Waals surface area contributed by atoms with Crippen molar-refractivity contribution >= 4 is 11.5 Å². The summed E-state index contributed by atoms with van der Waals surface area (Å²) in [6, 6.07) is 0. The quantitative estimate of drug-likeness (QED) is 0.557. The summed E-state index contributed by atoms with van der Waals surface area (Å²) in [4.78, 5) is 7.01. The lowest BCUT2D eigenvalue weighted by atomic mass is 10.1. The van der Waals surface area contributed by atoms with E-state index in [-0.39, 0.29) is 0 Å². The second kappa shape index (κ2) is 3.65. The molecule has 0 radical (unpaired) electrons. The maximum atomic E-state index is 12.2. The highest BCUT2D eigenvalue weighted by atomic mass is 16.5. The highest BCUT2D eigenvalue weighted by Gasteiger charge is 2.27. The highest BCUT2D eigenvalue weighted by Crippen LogP contribution is 2.23. The number of rotatable bonds is 1. The zero-order valence-electron chi connectivity index (χ0n) is 9.36. The van der Waals surface area contributed by atoms with E-state index in [9.17, 15) is 5.21 Å². The van der Waals surface area contributed by atoms with E-state index in [1.807, 2.05) is 12.2 Å². The number of hydrogen-bond donors (Lipinski definition) is 2. The van der Waals surface area contributed by atoms with Crippen molar-refractivity contribution < 1.29 is 9.48 Å². The van der Waals surface area contributed by atoms with E-state index < -0.39 is 0 Å². The van der Waals surface area contributed by atoms with Crippen molar-refractivity contribution in [2.45, 2.75) is 13.0 Å². The Morgan fingerprint density at radius 1 is 1.53 bits per heavy atom. The first-order valence-electron chi connectivity index (χ1n) is 5.35. The third-order valence-electron chi connectivity index (χ3n) is 2.91. The minimum atomic E-state index is 0.424. The lowest BCUT2D eigenvalue weighted by Gasteiger charge is -2.18. The molecule has 0 amide bonds. The fourth-order valence-electron chi connectivity index (χ4n) is 2.07. The van der Waals surface area contributed by atoms with E-state index in [4.69, 9.17) is 4.74 Å². The smallest absolute Gasteiger partial charge is 0.349 e. The van der Waals surface area contributed by atoms with Crippen molar-refractivity contribution in [2.75, 3.05) is 7.11 Å². The molecule has 1 aromatic rings. The van der Waals surface area contributed by atoms with Crippen LogP contribution in [0.15, 0.2) is 29.9 Å². The van der Waals surface area contributed by atoms with Crippen LogP contribution in [0.1, 0.15) is 12.1 Å². The van der Waals surface area contributed by atoms with Crippen LogP contribution in [0.4, 0.5) is 5.82 Å². The van der Waals surface area contributed by atoms with Crippen molar-refractivity contribution in [3.05, 3.63) is 40.8 Å². The number of nitrogens with zero attached hydrogens (tertiary/aromatic N) is 2. The Kier molecular flexibility index (Phi) is 2.14. The first-order chi connectivity index (χ1) is 8.31. The van der Waals surface area contributed by atoms with Gasteiger partial charge in [0.1, 0.15) is 22.9 Å². The van der Waals surface area contributed by atoms with Crippen LogP contribution in [0, 0.1) is 5.21 Å². The van der Waals surface area contributed by atoms with Crippen LogP contribution in [-0.2, 0) is 11.3 Å².